The predicted octanol–water partition coefficient (Wildman–Crippen LogP) is 4.10. The number of nitrogens with zero attached hydrogens (tertiary/aromatic N) is 3. The molecule has 0 unspecified atom stereocenters. The molecule has 0 bridgehead atoms. The lowest BCUT2D eigenvalue weighted by atomic mass is 10.1. The Kier molecular flexibility index (Phi) is 6.19. The first kappa shape index (κ1) is 18.6. The van der Waals surface area contributed by atoms with E-state index >= 15 is 0 Å². The molecule has 3 aromatic rings. The second-order valence-corrected chi connectivity index (χ2v) is 6.48. The van der Waals surface area contributed by atoms with Gasteiger partial charge < -0.3 is 4.74 Å². The summed E-state index contributed by atoms with van der Waals surface area (Å²) < 4.78 is 5.21. The summed E-state index contributed by atoms with van der Waals surface area (Å²) >= 11 is 0. The Morgan fingerprint density at radius 1 is 1.00 bits per heavy atom. The Morgan fingerprint density at radius 2 is 1.70 bits per heavy atom. The van der Waals surface area contributed by atoms with Gasteiger partial charge in [-0.25, -0.2) is 9.97 Å². The van der Waals surface area contributed by atoms with Gasteiger partial charge in [0.15, 0.2) is 5.82 Å². The summed E-state index contributed by atoms with van der Waals surface area (Å²) in [5.74, 6) is 4.32. The largest absolute Gasteiger partial charge is 0.497 e. The number of terminal acetylenes is 1. The molecule has 2 aromatic carbocycles. The minimum Gasteiger partial charge on any atom is -0.497 e. The SMILES string of the molecule is C#CCN(Cc1ccc(OC)cc1)Cc1cnc(-c2cccc(C)c2)nc1. The molecule has 3 rings (SSSR count). The molecule has 0 aliphatic rings. The topological polar surface area (TPSA) is 38.2 Å². The van der Waals surface area contributed by atoms with Gasteiger partial charge in [-0.2, -0.15) is 0 Å². The third-order valence-corrected chi connectivity index (χ3v) is 4.27. The fourth-order valence-corrected chi connectivity index (χ4v) is 2.91. The van der Waals surface area contributed by atoms with E-state index in [1.54, 1.807) is 7.11 Å². The van der Waals surface area contributed by atoms with Crippen LogP contribution in [0.4, 0.5) is 0 Å². The van der Waals surface area contributed by atoms with Crippen LogP contribution in [0.2, 0.25) is 0 Å². The van der Waals surface area contributed by atoms with Gasteiger partial charge in [0.1, 0.15) is 5.75 Å². The average Bonchev–Trinajstić information content (AvgIpc) is 2.69. The molecule has 0 aliphatic heterocycles. The van der Waals surface area contributed by atoms with Gasteiger partial charge in [0, 0.05) is 36.6 Å². The van der Waals surface area contributed by atoms with Crippen molar-refractivity contribution in [3.63, 3.8) is 0 Å². The van der Waals surface area contributed by atoms with Crippen LogP contribution in [0.25, 0.3) is 11.4 Å². The first-order chi connectivity index (χ1) is 13.2. The van der Waals surface area contributed by atoms with Crippen LogP contribution < -0.4 is 4.74 Å². The molecule has 0 fully saturated rings. The van der Waals surface area contributed by atoms with E-state index in [-0.39, 0.29) is 0 Å². The maximum atomic E-state index is 5.55. The molecule has 0 aliphatic carbocycles. The Morgan fingerprint density at radius 3 is 2.33 bits per heavy atom. The van der Waals surface area contributed by atoms with Crippen molar-refractivity contribution in [2.45, 2.75) is 20.0 Å². The monoisotopic (exact) mass is 357 g/mol. The summed E-state index contributed by atoms with van der Waals surface area (Å²) in [6.07, 6.45) is 9.31. The molecule has 0 amide bonds. The summed E-state index contributed by atoms with van der Waals surface area (Å²) in [5.41, 5.74) is 4.44. The van der Waals surface area contributed by atoms with Crippen molar-refractivity contribution in [3.05, 3.63) is 77.6 Å². The van der Waals surface area contributed by atoms with Crippen molar-refractivity contribution < 1.29 is 4.74 Å². The Labute approximate surface area is 160 Å². The maximum absolute atomic E-state index is 5.55. The average molecular weight is 357 g/mol. The summed E-state index contributed by atoms with van der Waals surface area (Å²) in [5, 5.41) is 0. The molecule has 0 atom stereocenters. The van der Waals surface area contributed by atoms with E-state index in [0.29, 0.717) is 13.1 Å². The minimum absolute atomic E-state index is 0.561. The molecule has 4 heteroatoms. The van der Waals surface area contributed by atoms with Crippen molar-refractivity contribution in [1.29, 1.82) is 0 Å². The molecule has 1 heterocycles. The second-order valence-electron chi connectivity index (χ2n) is 6.48. The third-order valence-electron chi connectivity index (χ3n) is 4.27. The Hall–Kier alpha value is -3.16. The van der Waals surface area contributed by atoms with Crippen LogP contribution in [0.1, 0.15) is 16.7 Å². The Bertz CT molecular complexity index is 912. The molecule has 0 saturated carbocycles. The van der Waals surface area contributed by atoms with Crippen molar-refractivity contribution in [1.82, 2.24) is 14.9 Å². The maximum Gasteiger partial charge on any atom is 0.159 e. The van der Waals surface area contributed by atoms with E-state index in [2.05, 4.69) is 52.0 Å². The zero-order valence-electron chi connectivity index (χ0n) is 15.7. The number of benzene rings is 2. The lowest BCUT2D eigenvalue weighted by Crippen LogP contribution is -2.23. The van der Waals surface area contributed by atoms with Crippen molar-refractivity contribution in [2.24, 2.45) is 0 Å². The molecule has 4 nitrogen and oxygen atoms in total. The number of hydrogen-bond donors (Lipinski definition) is 0. The normalized spacial score (nSPS) is 10.6. The van der Waals surface area contributed by atoms with Gasteiger partial charge in [0.05, 0.1) is 13.7 Å². The highest BCUT2D eigenvalue weighted by atomic mass is 16.5. The molecule has 1 aromatic heterocycles. The van der Waals surface area contributed by atoms with Crippen molar-refractivity contribution in [2.75, 3.05) is 13.7 Å². The highest BCUT2D eigenvalue weighted by molar-refractivity contribution is 5.55. The summed E-state index contributed by atoms with van der Waals surface area (Å²) in [6.45, 7) is 4.08. The van der Waals surface area contributed by atoms with E-state index < -0.39 is 0 Å². The van der Waals surface area contributed by atoms with Gasteiger partial charge in [-0.1, -0.05) is 41.8 Å². The number of methoxy groups -OCH3 is 1. The van der Waals surface area contributed by atoms with Crippen LogP contribution in [0, 0.1) is 19.3 Å². The molecular formula is C23H23N3O. The lowest BCUT2D eigenvalue weighted by Gasteiger charge is -2.20. The van der Waals surface area contributed by atoms with Crippen LogP contribution in [0.5, 0.6) is 5.75 Å². The second kappa shape index (κ2) is 8.98. The van der Waals surface area contributed by atoms with E-state index in [4.69, 9.17) is 11.2 Å². The zero-order chi connectivity index (χ0) is 19.1. The first-order valence-electron chi connectivity index (χ1n) is 8.84. The highest BCUT2D eigenvalue weighted by Gasteiger charge is 2.08. The van der Waals surface area contributed by atoms with Gasteiger partial charge in [0.2, 0.25) is 0 Å². The van der Waals surface area contributed by atoms with Crippen molar-refractivity contribution in [3.8, 4) is 29.5 Å². The molecule has 0 spiro atoms. The molecule has 136 valence electrons. The molecule has 27 heavy (non-hydrogen) atoms. The van der Waals surface area contributed by atoms with E-state index in [1.165, 1.54) is 11.1 Å². The highest BCUT2D eigenvalue weighted by Crippen LogP contribution is 2.17. The first-order valence-corrected chi connectivity index (χ1v) is 8.84. The van der Waals surface area contributed by atoms with Crippen LogP contribution in [0.15, 0.2) is 60.9 Å². The fraction of sp³-hybridized carbons (Fsp3) is 0.217. The number of aryl methyl sites for hydroxylation is 1. The quantitative estimate of drug-likeness (QED) is 0.597. The van der Waals surface area contributed by atoms with Crippen LogP contribution in [-0.2, 0) is 13.1 Å². The summed E-state index contributed by atoms with van der Waals surface area (Å²) in [4.78, 5) is 11.2. The predicted molar refractivity (Wildman–Crippen MR) is 108 cm³/mol. The van der Waals surface area contributed by atoms with Crippen LogP contribution in [-0.4, -0.2) is 28.5 Å². The van der Waals surface area contributed by atoms with Crippen LogP contribution in [0.3, 0.4) is 0 Å². The van der Waals surface area contributed by atoms with Crippen LogP contribution >= 0.6 is 0 Å². The molecule has 0 radical (unpaired) electrons. The lowest BCUT2D eigenvalue weighted by molar-refractivity contribution is 0.290. The van der Waals surface area contributed by atoms with E-state index in [1.807, 2.05) is 36.7 Å². The molecule has 0 N–H and O–H groups in total. The molecule has 0 saturated heterocycles. The van der Waals surface area contributed by atoms with Gasteiger partial charge in [-0.05, 0) is 30.7 Å². The zero-order valence-corrected chi connectivity index (χ0v) is 15.7. The van der Waals surface area contributed by atoms with Gasteiger partial charge in [-0.15, -0.1) is 6.42 Å². The fourth-order valence-electron chi connectivity index (χ4n) is 2.91. The number of hydrogen-bond acceptors (Lipinski definition) is 4. The molecular weight excluding hydrogens is 334 g/mol. The minimum atomic E-state index is 0.561. The van der Waals surface area contributed by atoms with Gasteiger partial charge in [-0.3, -0.25) is 4.90 Å². The van der Waals surface area contributed by atoms with Gasteiger partial charge in [0.25, 0.3) is 0 Å². The Balaban J connectivity index is 1.69. The number of rotatable bonds is 7. The van der Waals surface area contributed by atoms with Gasteiger partial charge >= 0.3 is 0 Å². The van der Waals surface area contributed by atoms with E-state index in [9.17, 15) is 0 Å². The number of aromatic nitrogens is 2. The summed E-state index contributed by atoms with van der Waals surface area (Å²) in [7, 11) is 1.67. The van der Waals surface area contributed by atoms with E-state index in [0.717, 1.165) is 29.2 Å². The number of ether oxygens (including phenoxy) is 1. The standard InChI is InChI=1S/C23H23N3O/c1-4-12-26(16-19-8-10-22(27-3)11-9-19)17-20-14-24-23(25-15-20)21-7-5-6-18(2)13-21/h1,5-11,13-15H,12,16-17H2,2-3H3. The summed E-state index contributed by atoms with van der Waals surface area (Å²) in [6, 6.07) is 16.2. The smallest absolute Gasteiger partial charge is 0.159 e. The third kappa shape index (κ3) is 5.16. The van der Waals surface area contributed by atoms with Crippen molar-refractivity contribution >= 4 is 0 Å².